The van der Waals surface area contributed by atoms with Crippen LogP contribution >= 0.6 is 11.3 Å². The molecule has 4 aromatic rings. The zero-order valence-electron chi connectivity index (χ0n) is 18.4. The fourth-order valence-corrected chi connectivity index (χ4v) is 5.07. The maximum absolute atomic E-state index is 14.0. The van der Waals surface area contributed by atoms with Crippen molar-refractivity contribution in [2.45, 2.75) is 26.1 Å². The van der Waals surface area contributed by atoms with E-state index in [9.17, 15) is 9.18 Å². The maximum atomic E-state index is 14.0. The molecule has 1 aliphatic heterocycles. The summed E-state index contributed by atoms with van der Waals surface area (Å²) in [5, 5.41) is 6.79. The van der Waals surface area contributed by atoms with Gasteiger partial charge < -0.3 is 4.90 Å². The smallest absolute Gasteiger partial charge is 0.264 e. The van der Waals surface area contributed by atoms with Gasteiger partial charge in [0.25, 0.3) is 5.91 Å². The average Bonchev–Trinajstić information content (AvgIpc) is 3.48. The molecule has 3 heterocycles. The van der Waals surface area contributed by atoms with Gasteiger partial charge in [0, 0.05) is 38.7 Å². The van der Waals surface area contributed by atoms with E-state index in [2.05, 4.69) is 29.2 Å². The van der Waals surface area contributed by atoms with Crippen LogP contribution in [0, 0.1) is 5.82 Å². The summed E-state index contributed by atoms with van der Waals surface area (Å²) in [7, 11) is 1.81. The Labute approximate surface area is 196 Å². The molecule has 2 aromatic carbocycles. The van der Waals surface area contributed by atoms with E-state index in [1.54, 1.807) is 18.0 Å². The summed E-state index contributed by atoms with van der Waals surface area (Å²) in [4.78, 5) is 17.7. The fourth-order valence-electron chi connectivity index (χ4n) is 4.35. The Morgan fingerprint density at radius 1 is 1.12 bits per heavy atom. The molecule has 7 heteroatoms. The third kappa shape index (κ3) is 4.60. The molecule has 0 saturated heterocycles. The van der Waals surface area contributed by atoms with Crippen molar-refractivity contribution in [2.75, 3.05) is 13.6 Å². The number of hydrogen-bond acceptors (Lipinski definition) is 4. The molecule has 5 rings (SSSR count). The predicted molar refractivity (Wildman–Crippen MR) is 128 cm³/mol. The molecular weight excluding hydrogens is 435 g/mol. The number of benzene rings is 2. The zero-order chi connectivity index (χ0) is 22.8. The number of carbonyl (C=O) groups is 1. The van der Waals surface area contributed by atoms with Crippen molar-refractivity contribution in [3.8, 4) is 5.69 Å². The molecule has 1 aliphatic rings. The van der Waals surface area contributed by atoms with Crippen LogP contribution in [-0.2, 0) is 26.1 Å². The first-order valence-corrected chi connectivity index (χ1v) is 11.9. The van der Waals surface area contributed by atoms with Gasteiger partial charge in [-0.05, 0) is 35.2 Å². The molecule has 0 saturated carbocycles. The third-order valence-electron chi connectivity index (χ3n) is 5.99. The standard InChI is InChI=1S/C26H25FN4OS/c1-29(26(32)25-11-6-14-33-25)18-23-22-17-30(16-19-7-3-2-4-8-19)13-12-24(22)31(28-23)21-10-5-9-20(27)15-21/h2-11,14-15H,12-13,16-18H2,1H3. The number of hydrogen-bond donors (Lipinski definition) is 0. The van der Waals surface area contributed by atoms with Crippen LogP contribution < -0.4 is 0 Å². The molecular formula is C26H25FN4OS. The van der Waals surface area contributed by atoms with Gasteiger partial charge in [0.15, 0.2) is 0 Å². The lowest BCUT2D eigenvalue weighted by atomic mass is 10.0. The third-order valence-corrected chi connectivity index (χ3v) is 6.84. The SMILES string of the molecule is CN(Cc1nn(-c2cccc(F)c2)c2c1CN(Cc1ccccc1)CC2)C(=O)c1cccs1. The number of fused-ring (bicyclic) bond motifs is 1. The first kappa shape index (κ1) is 21.6. The van der Waals surface area contributed by atoms with Gasteiger partial charge in [0.05, 0.1) is 28.5 Å². The molecule has 0 aliphatic carbocycles. The number of aromatic nitrogens is 2. The van der Waals surface area contributed by atoms with Crippen LogP contribution in [0.4, 0.5) is 4.39 Å². The minimum absolute atomic E-state index is 0.0176. The lowest BCUT2D eigenvalue weighted by Gasteiger charge is -2.28. The second kappa shape index (κ2) is 9.29. The normalized spacial score (nSPS) is 13.6. The number of halogens is 1. The zero-order valence-corrected chi connectivity index (χ0v) is 19.3. The van der Waals surface area contributed by atoms with E-state index in [0.717, 1.165) is 43.0 Å². The second-order valence-electron chi connectivity index (χ2n) is 8.35. The maximum Gasteiger partial charge on any atom is 0.264 e. The van der Waals surface area contributed by atoms with Crippen LogP contribution in [0.3, 0.4) is 0 Å². The quantitative estimate of drug-likeness (QED) is 0.411. The monoisotopic (exact) mass is 460 g/mol. The Bertz CT molecular complexity index is 1250. The van der Waals surface area contributed by atoms with Gasteiger partial charge in [-0.25, -0.2) is 9.07 Å². The van der Waals surface area contributed by atoms with Crippen LogP contribution in [0.5, 0.6) is 0 Å². The van der Waals surface area contributed by atoms with Gasteiger partial charge in [-0.2, -0.15) is 5.10 Å². The van der Waals surface area contributed by atoms with Crippen LogP contribution in [0.25, 0.3) is 5.69 Å². The lowest BCUT2D eigenvalue weighted by Crippen LogP contribution is -2.32. The Balaban J connectivity index is 1.46. The van der Waals surface area contributed by atoms with Crippen molar-refractivity contribution in [1.29, 1.82) is 0 Å². The molecule has 33 heavy (non-hydrogen) atoms. The van der Waals surface area contributed by atoms with Crippen molar-refractivity contribution in [1.82, 2.24) is 19.6 Å². The largest absolute Gasteiger partial charge is 0.335 e. The number of rotatable bonds is 6. The summed E-state index contributed by atoms with van der Waals surface area (Å²) in [6, 6.07) is 20.7. The number of amides is 1. The molecule has 0 fully saturated rings. The van der Waals surface area contributed by atoms with Gasteiger partial charge in [0.2, 0.25) is 0 Å². The summed E-state index contributed by atoms with van der Waals surface area (Å²) in [6.07, 6.45) is 0.814. The number of nitrogens with zero attached hydrogens (tertiary/aromatic N) is 4. The van der Waals surface area contributed by atoms with E-state index >= 15 is 0 Å². The summed E-state index contributed by atoms with van der Waals surface area (Å²) in [5.41, 5.74) is 5.06. The fraction of sp³-hybridized carbons (Fsp3) is 0.231. The van der Waals surface area contributed by atoms with Crippen LogP contribution in [0.15, 0.2) is 72.1 Å². The molecule has 0 unspecified atom stereocenters. The molecule has 0 N–H and O–H groups in total. The van der Waals surface area contributed by atoms with Crippen molar-refractivity contribution < 1.29 is 9.18 Å². The van der Waals surface area contributed by atoms with E-state index < -0.39 is 0 Å². The molecule has 0 radical (unpaired) electrons. The van der Waals surface area contributed by atoms with Gasteiger partial charge >= 0.3 is 0 Å². The second-order valence-corrected chi connectivity index (χ2v) is 9.30. The summed E-state index contributed by atoms with van der Waals surface area (Å²) in [5.74, 6) is -0.305. The summed E-state index contributed by atoms with van der Waals surface area (Å²) >= 11 is 1.44. The highest BCUT2D eigenvalue weighted by Crippen LogP contribution is 2.28. The lowest BCUT2D eigenvalue weighted by molar-refractivity contribution is 0.0787. The van der Waals surface area contributed by atoms with Crippen LogP contribution in [0.2, 0.25) is 0 Å². The minimum Gasteiger partial charge on any atom is -0.335 e. The molecule has 0 bridgehead atoms. The average molecular weight is 461 g/mol. The van der Waals surface area contributed by atoms with Gasteiger partial charge in [-0.1, -0.05) is 42.5 Å². The highest BCUT2D eigenvalue weighted by atomic mass is 32.1. The Hall–Kier alpha value is -3.29. The van der Waals surface area contributed by atoms with E-state index in [-0.39, 0.29) is 11.7 Å². The number of thiophene rings is 1. The molecule has 0 spiro atoms. The minimum atomic E-state index is -0.287. The summed E-state index contributed by atoms with van der Waals surface area (Å²) < 4.78 is 15.8. The Morgan fingerprint density at radius 3 is 2.73 bits per heavy atom. The van der Waals surface area contributed by atoms with E-state index in [1.165, 1.54) is 29.0 Å². The van der Waals surface area contributed by atoms with Crippen molar-refractivity contribution in [2.24, 2.45) is 0 Å². The highest BCUT2D eigenvalue weighted by molar-refractivity contribution is 7.12. The van der Waals surface area contributed by atoms with Crippen molar-refractivity contribution >= 4 is 17.2 Å². The van der Waals surface area contributed by atoms with Crippen LogP contribution in [0.1, 0.15) is 32.2 Å². The van der Waals surface area contributed by atoms with Crippen molar-refractivity contribution in [3.05, 3.63) is 105 Å². The van der Waals surface area contributed by atoms with Crippen molar-refractivity contribution in [3.63, 3.8) is 0 Å². The number of carbonyl (C=O) groups excluding carboxylic acids is 1. The topological polar surface area (TPSA) is 41.4 Å². The molecule has 1 amide bonds. The Morgan fingerprint density at radius 2 is 1.97 bits per heavy atom. The predicted octanol–water partition coefficient (Wildman–Crippen LogP) is 4.90. The van der Waals surface area contributed by atoms with E-state index in [4.69, 9.17) is 5.10 Å². The molecule has 5 nitrogen and oxygen atoms in total. The van der Waals surface area contributed by atoms with E-state index in [0.29, 0.717) is 17.1 Å². The van der Waals surface area contributed by atoms with Gasteiger partial charge in [-0.15, -0.1) is 11.3 Å². The molecule has 168 valence electrons. The van der Waals surface area contributed by atoms with Crippen LogP contribution in [-0.4, -0.2) is 39.1 Å². The van der Waals surface area contributed by atoms with E-state index in [1.807, 2.05) is 34.3 Å². The molecule has 2 aromatic heterocycles. The molecule has 0 atom stereocenters. The van der Waals surface area contributed by atoms with Gasteiger partial charge in [0.1, 0.15) is 5.82 Å². The summed E-state index contributed by atoms with van der Waals surface area (Å²) in [6.45, 7) is 2.90. The highest BCUT2D eigenvalue weighted by Gasteiger charge is 2.27. The van der Waals surface area contributed by atoms with Gasteiger partial charge in [-0.3, -0.25) is 9.69 Å². The first-order valence-electron chi connectivity index (χ1n) is 11.0. The Kier molecular flexibility index (Phi) is 6.07. The first-order chi connectivity index (χ1) is 16.1.